The smallest absolute Gasteiger partial charge is 0.342 e. The molecule has 0 unspecified atom stereocenters. The van der Waals surface area contributed by atoms with Crippen molar-refractivity contribution in [1.82, 2.24) is 0 Å². The molecule has 1 aliphatic rings. The van der Waals surface area contributed by atoms with Crippen molar-refractivity contribution in [2.24, 2.45) is 5.92 Å². The maximum absolute atomic E-state index is 11.0. The summed E-state index contributed by atoms with van der Waals surface area (Å²) in [5, 5.41) is 20.0. The van der Waals surface area contributed by atoms with Gasteiger partial charge in [-0.15, -0.1) is 0 Å². The summed E-state index contributed by atoms with van der Waals surface area (Å²) in [4.78, 5) is 23.5. The predicted octanol–water partition coefficient (Wildman–Crippen LogP) is 3.31. The molecule has 0 radical (unpaired) electrons. The number of nitro benzene ring substituents is 1. The maximum atomic E-state index is 11.0. The van der Waals surface area contributed by atoms with Crippen LogP contribution in [0.25, 0.3) is 0 Å². The molecule has 0 aromatic heterocycles. The van der Waals surface area contributed by atoms with Gasteiger partial charge >= 0.3 is 5.97 Å². The van der Waals surface area contributed by atoms with Crippen LogP contribution in [-0.4, -0.2) is 29.1 Å². The molecule has 0 aliphatic carbocycles. The van der Waals surface area contributed by atoms with E-state index in [0.29, 0.717) is 0 Å². The van der Waals surface area contributed by atoms with Crippen molar-refractivity contribution >= 4 is 17.3 Å². The van der Waals surface area contributed by atoms with Crippen molar-refractivity contribution in [3.05, 3.63) is 33.9 Å². The van der Waals surface area contributed by atoms with Crippen LogP contribution >= 0.6 is 0 Å². The van der Waals surface area contributed by atoms with Gasteiger partial charge in [0.1, 0.15) is 5.56 Å². The molecule has 6 nitrogen and oxygen atoms in total. The zero-order valence-electron chi connectivity index (χ0n) is 12.1. The number of benzene rings is 1. The lowest BCUT2D eigenvalue weighted by Crippen LogP contribution is -2.33. The number of carboxylic acid groups (broad SMARTS) is 1. The summed E-state index contributed by atoms with van der Waals surface area (Å²) in [6.07, 6.45) is 4.58. The number of rotatable bonds is 5. The van der Waals surface area contributed by atoms with Gasteiger partial charge in [0.2, 0.25) is 0 Å². The van der Waals surface area contributed by atoms with Gasteiger partial charge in [0.25, 0.3) is 5.69 Å². The van der Waals surface area contributed by atoms with E-state index in [1.54, 1.807) is 6.07 Å². The predicted molar refractivity (Wildman–Crippen MR) is 79.9 cm³/mol. The molecule has 1 aromatic carbocycles. The Kier molecular flexibility index (Phi) is 4.77. The molecule has 114 valence electrons. The van der Waals surface area contributed by atoms with E-state index in [4.69, 9.17) is 5.11 Å². The van der Waals surface area contributed by atoms with Gasteiger partial charge in [-0.05, 0) is 30.9 Å². The Bertz CT molecular complexity index is 536. The second kappa shape index (κ2) is 6.56. The van der Waals surface area contributed by atoms with Crippen molar-refractivity contribution in [2.75, 3.05) is 18.0 Å². The molecule has 1 fully saturated rings. The van der Waals surface area contributed by atoms with Crippen molar-refractivity contribution in [3.63, 3.8) is 0 Å². The Labute approximate surface area is 123 Å². The summed E-state index contributed by atoms with van der Waals surface area (Å²) in [7, 11) is 0. The highest BCUT2D eigenvalue weighted by Crippen LogP contribution is 2.30. The highest BCUT2D eigenvalue weighted by Gasteiger charge is 2.24. The number of carbonyl (C=O) groups is 1. The van der Waals surface area contributed by atoms with Gasteiger partial charge in [0.05, 0.1) is 4.92 Å². The monoisotopic (exact) mass is 292 g/mol. The van der Waals surface area contributed by atoms with Crippen LogP contribution in [-0.2, 0) is 0 Å². The molecule has 1 saturated heterocycles. The minimum Gasteiger partial charge on any atom is -0.477 e. The Balaban J connectivity index is 2.16. The lowest BCUT2D eigenvalue weighted by molar-refractivity contribution is -0.385. The Hall–Kier alpha value is -2.11. The molecule has 6 heteroatoms. The van der Waals surface area contributed by atoms with Crippen molar-refractivity contribution in [1.29, 1.82) is 0 Å². The number of nitro groups is 1. The second-order valence-corrected chi connectivity index (χ2v) is 5.48. The number of hydrogen-bond donors (Lipinski definition) is 1. The summed E-state index contributed by atoms with van der Waals surface area (Å²) < 4.78 is 0. The molecule has 0 amide bonds. The molecule has 1 heterocycles. The third-order valence-electron chi connectivity index (χ3n) is 4.09. The van der Waals surface area contributed by atoms with Crippen LogP contribution in [0.5, 0.6) is 0 Å². The molecular formula is C15H20N2O4. The van der Waals surface area contributed by atoms with E-state index in [9.17, 15) is 14.9 Å². The number of hydrogen-bond acceptors (Lipinski definition) is 4. The largest absolute Gasteiger partial charge is 0.477 e. The maximum Gasteiger partial charge on any atom is 0.342 e. The Morgan fingerprint density at radius 2 is 2.10 bits per heavy atom. The molecule has 2 rings (SSSR count). The Morgan fingerprint density at radius 1 is 1.43 bits per heavy atom. The average Bonchev–Trinajstić information content (AvgIpc) is 2.47. The van der Waals surface area contributed by atoms with E-state index in [0.717, 1.165) is 37.5 Å². The number of nitrogens with zero attached hydrogens (tertiary/aromatic N) is 2. The van der Waals surface area contributed by atoms with Crippen molar-refractivity contribution in [2.45, 2.75) is 32.6 Å². The third kappa shape index (κ3) is 3.51. The first-order valence-electron chi connectivity index (χ1n) is 7.29. The van der Waals surface area contributed by atoms with E-state index in [1.165, 1.54) is 25.0 Å². The highest BCUT2D eigenvalue weighted by atomic mass is 16.6. The summed E-state index contributed by atoms with van der Waals surface area (Å²) in [6.45, 7) is 3.92. The molecule has 0 saturated carbocycles. The molecule has 21 heavy (non-hydrogen) atoms. The quantitative estimate of drug-likeness (QED) is 0.665. The lowest BCUT2D eigenvalue weighted by Gasteiger charge is -2.33. The van der Waals surface area contributed by atoms with Crippen molar-refractivity contribution < 1.29 is 14.8 Å². The summed E-state index contributed by atoms with van der Waals surface area (Å²) in [5.41, 5.74) is 0.141. The van der Waals surface area contributed by atoms with E-state index >= 15 is 0 Å². The number of aromatic carboxylic acids is 1. The summed E-state index contributed by atoms with van der Waals surface area (Å²) in [5.74, 6) is -0.533. The van der Waals surface area contributed by atoms with Crippen LogP contribution in [0.2, 0.25) is 0 Å². The number of carboxylic acids is 1. The van der Waals surface area contributed by atoms with Gasteiger partial charge in [0, 0.05) is 24.8 Å². The second-order valence-electron chi connectivity index (χ2n) is 5.48. The lowest BCUT2D eigenvalue weighted by atomic mass is 9.92. The van der Waals surface area contributed by atoms with Gasteiger partial charge in [0.15, 0.2) is 0 Å². The topological polar surface area (TPSA) is 83.7 Å². The van der Waals surface area contributed by atoms with Crippen LogP contribution in [0, 0.1) is 16.0 Å². The van der Waals surface area contributed by atoms with E-state index < -0.39 is 10.9 Å². The van der Waals surface area contributed by atoms with Crippen LogP contribution in [0.15, 0.2) is 18.2 Å². The van der Waals surface area contributed by atoms with E-state index in [2.05, 4.69) is 11.8 Å². The standard InChI is InChI=1S/C15H20N2O4/c1-2-3-11-6-8-16(9-7-11)12-4-5-13(15(18)19)14(10-12)17(20)21/h4-5,10-11H,2-3,6-9H2,1H3,(H,18,19). The fraction of sp³-hybridized carbons (Fsp3) is 0.533. The van der Waals surface area contributed by atoms with Crippen LogP contribution in [0.1, 0.15) is 43.0 Å². The first-order chi connectivity index (χ1) is 10.0. The molecule has 1 aliphatic heterocycles. The van der Waals surface area contributed by atoms with Gasteiger partial charge in [-0.25, -0.2) is 4.79 Å². The van der Waals surface area contributed by atoms with Gasteiger partial charge in [-0.3, -0.25) is 10.1 Å². The fourth-order valence-corrected chi connectivity index (χ4v) is 2.94. The van der Waals surface area contributed by atoms with Gasteiger partial charge in [-0.1, -0.05) is 19.8 Å². The molecule has 0 bridgehead atoms. The van der Waals surface area contributed by atoms with Crippen LogP contribution in [0.4, 0.5) is 11.4 Å². The number of piperidine rings is 1. The third-order valence-corrected chi connectivity index (χ3v) is 4.09. The zero-order valence-corrected chi connectivity index (χ0v) is 12.1. The van der Waals surface area contributed by atoms with Gasteiger partial charge in [-0.2, -0.15) is 0 Å². The molecule has 0 atom stereocenters. The first-order valence-corrected chi connectivity index (χ1v) is 7.29. The first kappa shape index (κ1) is 15.3. The number of anilines is 1. The van der Waals surface area contributed by atoms with Crippen LogP contribution in [0.3, 0.4) is 0 Å². The minimum atomic E-state index is -1.27. The van der Waals surface area contributed by atoms with E-state index in [-0.39, 0.29) is 11.3 Å². The van der Waals surface area contributed by atoms with E-state index in [1.807, 2.05) is 0 Å². The molecule has 1 N–H and O–H groups in total. The summed E-state index contributed by atoms with van der Waals surface area (Å²) >= 11 is 0. The SMILES string of the molecule is CCCC1CCN(c2ccc(C(=O)O)c([N+](=O)[O-])c2)CC1. The van der Waals surface area contributed by atoms with Gasteiger partial charge < -0.3 is 10.0 Å². The average molecular weight is 292 g/mol. The summed E-state index contributed by atoms with van der Waals surface area (Å²) in [6, 6.07) is 4.37. The normalized spacial score (nSPS) is 16.0. The molecule has 0 spiro atoms. The van der Waals surface area contributed by atoms with Crippen LogP contribution < -0.4 is 4.90 Å². The zero-order chi connectivity index (χ0) is 15.4. The molecular weight excluding hydrogens is 272 g/mol. The molecule has 1 aromatic rings. The Morgan fingerprint density at radius 3 is 2.62 bits per heavy atom. The highest BCUT2D eigenvalue weighted by molar-refractivity contribution is 5.93. The van der Waals surface area contributed by atoms with Crippen molar-refractivity contribution in [3.8, 4) is 0 Å². The minimum absolute atomic E-state index is 0.260. The fourth-order valence-electron chi connectivity index (χ4n) is 2.94.